The van der Waals surface area contributed by atoms with E-state index in [4.69, 9.17) is 18.8 Å². The SMILES string of the molecule is COCOc1c(F)cccc1B1OC(C)(C)C(C)(C)O1. The quantitative estimate of drug-likeness (QED) is 0.626. The Balaban J connectivity index is 2.32. The Morgan fingerprint density at radius 1 is 1.15 bits per heavy atom. The number of benzene rings is 1. The minimum absolute atomic E-state index is 0.0343. The molecule has 1 aliphatic rings. The lowest BCUT2D eigenvalue weighted by Gasteiger charge is -2.32. The molecule has 0 aromatic heterocycles. The van der Waals surface area contributed by atoms with Crippen molar-refractivity contribution >= 4 is 12.6 Å². The Kier molecular flexibility index (Phi) is 4.09. The van der Waals surface area contributed by atoms with Crippen LogP contribution >= 0.6 is 0 Å². The van der Waals surface area contributed by atoms with Crippen molar-refractivity contribution in [2.45, 2.75) is 38.9 Å². The van der Waals surface area contributed by atoms with E-state index in [1.54, 1.807) is 12.1 Å². The third kappa shape index (κ3) is 2.68. The van der Waals surface area contributed by atoms with E-state index >= 15 is 0 Å². The van der Waals surface area contributed by atoms with Gasteiger partial charge in [-0.15, -0.1) is 0 Å². The normalized spacial score (nSPS) is 20.2. The fourth-order valence-electron chi connectivity index (χ4n) is 1.95. The van der Waals surface area contributed by atoms with Gasteiger partial charge in [0.25, 0.3) is 0 Å². The molecule has 4 nitrogen and oxygen atoms in total. The van der Waals surface area contributed by atoms with Gasteiger partial charge >= 0.3 is 7.12 Å². The number of hydrogen-bond donors (Lipinski definition) is 0. The van der Waals surface area contributed by atoms with Gasteiger partial charge in [0, 0.05) is 12.6 Å². The first kappa shape index (κ1) is 15.3. The number of para-hydroxylation sites is 1. The monoisotopic (exact) mass is 282 g/mol. The Morgan fingerprint density at radius 2 is 1.75 bits per heavy atom. The predicted molar refractivity (Wildman–Crippen MR) is 74.6 cm³/mol. The predicted octanol–water partition coefficient (Wildman–Crippen LogP) is 2.11. The zero-order valence-corrected chi connectivity index (χ0v) is 12.5. The van der Waals surface area contributed by atoms with Crippen molar-refractivity contribution in [1.29, 1.82) is 0 Å². The molecule has 0 amide bonds. The molecule has 0 radical (unpaired) electrons. The van der Waals surface area contributed by atoms with Crippen molar-refractivity contribution in [3.8, 4) is 5.75 Å². The largest absolute Gasteiger partial charge is 0.498 e. The molecule has 1 fully saturated rings. The topological polar surface area (TPSA) is 36.9 Å². The second-order valence-electron chi connectivity index (χ2n) is 5.80. The lowest BCUT2D eigenvalue weighted by atomic mass is 9.78. The van der Waals surface area contributed by atoms with Crippen LogP contribution < -0.4 is 10.2 Å². The molecule has 1 heterocycles. The van der Waals surface area contributed by atoms with Crippen molar-refractivity contribution in [3.63, 3.8) is 0 Å². The highest BCUT2D eigenvalue weighted by molar-refractivity contribution is 6.63. The van der Waals surface area contributed by atoms with Crippen LogP contribution in [0.1, 0.15) is 27.7 Å². The molecule has 1 aliphatic heterocycles. The van der Waals surface area contributed by atoms with Gasteiger partial charge in [0.2, 0.25) is 0 Å². The summed E-state index contributed by atoms with van der Waals surface area (Å²) >= 11 is 0. The average molecular weight is 282 g/mol. The maximum Gasteiger partial charge on any atom is 0.498 e. The van der Waals surface area contributed by atoms with Gasteiger partial charge < -0.3 is 18.8 Å². The van der Waals surface area contributed by atoms with Crippen LogP contribution in [0.3, 0.4) is 0 Å². The van der Waals surface area contributed by atoms with E-state index in [0.717, 1.165) is 0 Å². The van der Waals surface area contributed by atoms with Gasteiger partial charge in [-0.25, -0.2) is 4.39 Å². The van der Waals surface area contributed by atoms with Crippen molar-refractivity contribution in [2.24, 2.45) is 0 Å². The van der Waals surface area contributed by atoms with Crippen LogP contribution in [-0.4, -0.2) is 32.2 Å². The summed E-state index contributed by atoms with van der Waals surface area (Å²) in [7, 11) is 0.817. The molecular formula is C14H20BFO4. The van der Waals surface area contributed by atoms with Crippen LogP contribution in [0.5, 0.6) is 5.75 Å². The lowest BCUT2D eigenvalue weighted by Crippen LogP contribution is -2.41. The first-order valence-corrected chi connectivity index (χ1v) is 6.54. The Bertz CT molecular complexity index is 474. The summed E-state index contributed by atoms with van der Waals surface area (Å²) in [5.41, 5.74) is -0.439. The molecular weight excluding hydrogens is 262 g/mol. The Hall–Kier alpha value is -1.11. The maximum atomic E-state index is 13.9. The smallest absolute Gasteiger partial charge is 0.465 e. The van der Waals surface area contributed by atoms with E-state index in [-0.39, 0.29) is 12.5 Å². The molecule has 0 N–H and O–H groups in total. The van der Waals surface area contributed by atoms with E-state index in [0.29, 0.717) is 5.46 Å². The number of methoxy groups -OCH3 is 1. The minimum atomic E-state index is -0.664. The van der Waals surface area contributed by atoms with E-state index < -0.39 is 24.1 Å². The second-order valence-corrected chi connectivity index (χ2v) is 5.80. The fourth-order valence-corrected chi connectivity index (χ4v) is 1.95. The molecule has 2 rings (SSSR count). The molecule has 0 bridgehead atoms. The highest BCUT2D eigenvalue weighted by Gasteiger charge is 2.52. The average Bonchev–Trinajstić information content (AvgIpc) is 2.56. The zero-order valence-electron chi connectivity index (χ0n) is 12.5. The summed E-state index contributed by atoms with van der Waals surface area (Å²) in [5.74, 6) is -0.359. The highest BCUT2D eigenvalue weighted by Crippen LogP contribution is 2.37. The number of ether oxygens (including phenoxy) is 2. The summed E-state index contributed by atoms with van der Waals surface area (Å²) in [6.07, 6.45) is 0. The van der Waals surface area contributed by atoms with Crippen LogP contribution in [-0.2, 0) is 14.0 Å². The van der Waals surface area contributed by atoms with Gasteiger partial charge in [0.05, 0.1) is 11.2 Å². The third-order valence-corrected chi connectivity index (χ3v) is 3.83. The van der Waals surface area contributed by atoms with Crippen LogP contribution in [0.4, 0.5) is 4.39 Å². The second kappa shape index (κ2) is 5.35. The summed E-state index contributed by atoms with van der Waals surface area (Å²) in [5, 5.41) is 0. The summed E-state index contributed by atoms with van der Waals surface area (Å²) in [6, 6.07) is 4.67. The zero-order chi connectivity index (χ0) is 15.0. The maximum absolute atomic E-state index is 13.9. The molecule has 110 valence electrons. The van der Waals surface area contributed by atoms with Gasteiger partial charge in [-0.2, -0.15) is 0 Å². The van der Waals surface area contributed by atoms with Crippen LogP contribution in [0.15, 0.2) is 18.2 Å². The number of rotatable bonds is 4. The molecule has 20 heavy (non-hydrogen) atoms. The van der Waals surface area contributed by atoms with Gasteiger partial charge in [-0.1, -0.05) is 12.1 Å². The molecule has 1 aromatic rings. The summed E-state index contributed by atoms with van der Waals surface area (Å²) in [4.78, 5) is 0. The Labute approximate surface area is 119 Å². The van der Waals surface area contributed by atoms with Crippen LogP contribution in [0.25, 0.3) is 0 Å². The van der Waals surface area contributed by atoms with E-state index in [9.17, 15) is 4.39 Å². The molecule has 0 saturated carbocycles. The Morgan fingerprint density at radius 3 is 2.30 bits per heavy atom. The van der Waals surface area contributed by atoms with Gasteiger partial charge in [-0.05, 0) is 33.8 Å². The number of halogens is 1. The minimum Gasteiger partial charge on any atom is -0.465 e. The van der Waals surface area contributed by atoms with Crippen molar-refractivity contribution in [1.82, 2.24) is 0 Å². The number of hydrogen-bond acceptors (Lipinski definition) is 4. The van der Waals surface area contributed by atoms with Crippen molar-refractivity contribution in [2.75, 3.05) is 13.9 Å². The highest BCUT2D eigenvalue weighted by atomic mass is 19.1. The molecule has 0 unspecified atom stereocenters. The molecule has 0 spiro atoms. The van der Waals surface area contributed by atoms with Crippen LogP contribution in [0.2, 0.25) is 0 Å². The summed E-state index contributed by atoms with van der Waals surface area (Å²) in [6.45, 7) is 7.75. The molecule has 1 saturated heterocycles. The van der Waals surface area contributed by atoms with Crippen molar-refractivity contribution < 1.29 is 23.2 Å². The first-order chi connectivity index (χ1) is 9.28. The van der Waals surface area contributed by atoms with E-state index in [1.165, 1.54) is 13.2 Å². The standard InChI is InChI=1S/C14H20BFO4/c1-13(2)14(3,4)20-15(19-13)10-7-6-8-11(16)12(10)18-9-17-5/h6-8H,9H2,1-5H3. The molecule has 0 aliphatic carbocycles. The summed E-state index contributed by atoms with van der Waals surface area (Å²) < 4.78 is 35.9. The van der Waals surface area contributed by atoms with Crippen LogP contribution in [0, 0.1) is 5.82 Å². The lowest BCUT2D eigenvalue weighted by molar-refractivity contribution is 0.00578. The molecule has 6 heteroatoms. The van der Waals surface area contributed by atoms with Gasteiger partial charge in [-0.3, -0.25) is 0 Å². The fraction of sp³-hybridized carbons (Fsp3) is 0.571. The van der Waals surface area contributed by atoms with Crippen molar-refractivity contribution in [3.05, 3.63) is 24.0 Å². The van der Waals surface area contributed by atoms with E-state index in [2.05, 4.69) is 0 Å². The van der Waals surface area contributed by atoms with Gasteiger partial charge in [0.15, 0.2) is 18.4 Å². The van der Waals surface area contributed by atoms with Gasteiger partial charge in [0.1, 0.15) is 0 Å². The first-order valence-electron chi connectivity index (χ1n) is 6.54. The third-order valence-electron chi connectivity index (χ3n) is 3.83. The molecule has 0 atom stereocenters. The molecule has 1 aromatic carbocycles. The van der Waals surface area contributed by atoms with E-state index in [1.807, 2.05) is 27.7 Å².